The van der Waals surface area contributed by atoms with Crippen molar-refractivity contribution in [2.75, 3.05) is 26.2 Å². The Balaban J connectivity index is 3.48. The van der Waals surface area contributed by atoms with Crippen molar-refractivity contribution in [3.8, 4) is 0 Å². The average Bonchev–Trinajstić information content (AvgIpc) is 3.92. The molecular weight excluding hydrogens is 1060 g/mol. The summed E-state index contributed by atoms with van der Waals surface area (Å²) < 4.78 is 0. The van der Waals surface area contributed by atoms with Crippen molar-refractivity contribution in [1.82, 2.24) is 57.8 Å². The maximum Gasteiger partial charge on any atom is 0.322 e. The summed E-state index contributed by atoms with van der Waals surface area (Å²) >= 11 is 0. The third-order valence-electron chi connectivity index (χ3n) is 12.5. The lowest BCUT2D eigenvalue weighted by Gasteiger charge is -2.29. The molecule has 1 rings (SSSR count). The van der Waals surface area contributed by atoms with Crippen molar-refractivity contribution in [3.63, 3.8) is 0 Å². The molecular formula is C49H84N14O17. The van der Waals surface area contributed by atoms with Gasteiger partial charge in [-0.15, -0.1) is 0 Å². The predicted molar refractivity (Wildman–Crippen MR) is 284 cm³/mol. The molecule has 0 saturated carbocycles. The summed E-state index contributed by atoms with van der Waals surface area (Å²) in [5, 5.41) is 70.1. The summed E-state index contributed by atoms with van der Waals surface area (Å²) in [6, 6.07) is -13.6. The van der Waals surface area contributed by atoms with Crippen LogP contribution in [0.2, 0.25) is 0 Å². The fourth-order valence-corrected chi connectivity index (χ4v) is 7.67. The zero-order chi connectivity index (χ0) is 60.6. The number of nitrogens with zero attached hydrogens (tertiary/aromatic N) is 1. The van der Waals surface area contributed by atoms with Gasteiger partial charge in [0.2, 0.25) is 53.2 Å². The first-order valence-corrected chi connectivity index (χ1v) is 26.5. The number of aliphatic hydroxyl groups is 2. The highest BCUT2D eigenvalue weighted by Crippen LogP contribution is 2.14. The minimum atomic E-state index is -1.84. The number of unbranched alkanes of at least 4 members (excludes halogenated alkanes) is 2. The Morgan fingerprint density at radius 1 is 0.550 bits per heavy atom. The average molecular weight is 1140 g/mol. The van der Waals surface area contributed by atoms with Crippen LogP contribution >= 0.6 is 0 Å². The van der Waals surface area contributed by atoms with Crippen LogP contribution in [0.5, 0.6) is 0 Å². The second-order valence-corrected chi connectivity index (χ2v) is 19.7. The number of nitrogens with two attached hydrogens (primary N) is 3. The molecule has 452 valence electrons. The Bertz CT molecular complexity index is 2200. The highest BCUT2D eigenvalue weighted by molar-refractivity contribution is 5.98. The number of carbonyl (C=O) groups excluding carboxylic acids is 9. The van der Waals surface area contributed by atoms with Gasteiger partial charge in [-0.2, -0.15) is 0 Å². The lowest BCUT2D eigenvalue weighted by Crippen LogP contribution is -2.61. The number of aromatic nitrogens is 2. The van der Waals surface area contributed by atoms with Gasteiger partial charge < -0.3 is 95.6 Å². The Morgan fingerprint density at radius 2 is 0.975 bits per heavy atom. The van der Waals surface area contributed by atoms with E-state index in [9.17, 15) is 78.0 Å². The monoisotopic (exact) mass is 1140 g/mol. The van der Waals surface area contributed by atoms with Gasteiger partial charge in [-0.1, -0.05) is 34.1 Å². The number of hydrogen-bond acceptors (Lipinski definition) is 18. The zero-order valence-electron chi connectivity index (χ0n) is 45.9. The molecule has 0 saturated heterocycles. The first-order valence-electron chi connectivity index (χ1n) is 26.5. The smallest absolute Gasteiger partial charge is 0.322 e. The van der Waals surface area contributed by atoms with Crippen LogP contribution in [-0.2, 0) is 64.0 Å². The summed E-state index contributed by atoms with van der Waals surface area (Å²) in [4.78, 5) is 164. The minimum Gasteiger partial charge on any atom is -0.481 e. The molecule has 80 heavy (non-hydrogen) atoms. The highest BCUT2D eigenvalue weighted by atomic mass is 16.4. The van der Waals surface area contributed by atoms with Crippen LogP contribution in [-0.4, -0.2) is 193 Å². The molecule has 1 heterocycles. The van der Waals surface area contributed by atoms with E-state index in [1.807, 2.05) is 0 Å². The van der Waals surface area contributed by atoms with E-state index in [0.717, 1.165) is 0 Å². The van der Waals surface area contributed by atoms with E-state index in [1.165, 1.54) is 19.4 Å². The van der Waals surface area contributed by atoms with Crippen molar-refractivity contribution in [2.45, 2.75) is 179 Å². The number of imidazole rings is 1. The molecule has 0 spiro atoms. The topological polar surface area (TPSA) is 521 Å². The van der Waals surface area contributed by atoms with Crippen LogP contribution in [0.1, 0.15) is 117 Å². The third-order valence-corrected chi connectivity index (χ3v) is 12.5. The number of carbonyl (C=O) groups is 12. The molecule has 0 aliphatic carbocycles. The van der Waals surface area contributed by atoms with E-state index < -0.39 is 176 Å². The van der Waals surface area contributed by atoms with Gasteiger partial charge in [0.15, 0.2) is 0 Å². The normalized spacial score (nSPS) is 15.3. The van der Waals surface area contributed by atoms with Crippen molar-refractivity contribution >= 4 is 71.1 Å². The van der Waals surface area contributed by atoms with Crippen LogP contribution in [0.25, 0.3) is 0 Å². The third kappa shape index (κ3) is 27.0. The summed E-state index contributed by atoms with van der Waals surface area (Å²) in [5.41, 5.74) is 17.4. The van der Waals surface area contributed by atoms with Crippen molar-refractivity contribution in [2.24, 2.45) is 29.0 Å². The number of aliphatic hydroxyl groups excluding tert-OH is 2. The van der Waals surface area contributed by atoms with Crippen LogP contribution in [0.4, 0.5) is 0 Å². The molecule has 9 amide bonds. The van der Waals surface area contributed by atoms with Gasteiger partial charge in [-0.05, 0) is 89.6 Å². The van der Waals surface area contributed by atoms with Crippen LogP contribution in [0.3, 0.4) is 0 Å². The molecule has 31 nitrogen and oxygen atoms in total. The van der Waals surface area contributed by atoms with Gasteiger partial charge >= 0.3 is 17.9 Å². The number of carboxylic acid groups (broad SMARTS) is 3. The fraction of sp³-hybridized carbons (Fsp3) is 0.694. The number of aromatic amines is 1. The van der Waals surface area contributed by atoms with Crippen molar-refractivity contribution < 1.29 is 83.1 Å². The van der Waals surface area contributed by atoms with Crippen LogP contribution in [0.15, 0.2) is 12.5 Å². The van der Waals surface area contributed by atoms with E-state index in [1.54, 1.807) is 27.7 Å². The van der Waals surface area contributed by atoms with E-state index in [4.69, 9.17) is 22.3 Å². The summed E-state index contributed by atoms with van der Waals surface area (Å²) in [6.07, 6.45) is 0.275. The van der Waals surface area contributed by atoms with E-state index in [-0.39, 0.29) is 57.5 Å². The van der Waals surface area contributed by atoms with Gasteiger partial charge in [0, 0.05) is 31.2 Å². The van der Waals surface area contributed by atoms with E-state index in [0.29, 0.717) is 25.0 Å². The molecule has 0 aliphatic heterocycles. The second-order valence-electron chi connectivity index (χ2n) is 19.7. The Hall–Kier alpha value is -7.35. The fourth-order valence-electron chi connectivity index (χ4n) is 7.67. The molecule has 0 unspecified atom stereocenters. The lowest BCUT2D eigenvalue weighted by atomic mass is 9.96. The largest absolute Gasteiger partial charge is 0.481 e. The first-order chi connectivity index (χ1) is 37.7. The Kier molecular flexibility index (Phi) is 33.1. The predicted octanol–water partition coefficient (Wildman–Crippen LogP) is -5.19. The van der Waals surface area contributed by atoms with Gasteiger partial charge in [0.1, 0.15) is 60.9 Å². The van der Waals surface area contributed by atoms with Crippen molar-refractivity contribution in [1.29, 1.82) is 0 Å². The molecule has 0 aliphatic rings. The Labute approximate surface area is 463 Å². The molecule has 1 aromatic rings. The Morgan fingerprint density at radius 3 is 1.40 bits per heavy atom. The van der Waals surface area contributed by atoms with Gasteiger partial charge in [0.05, 0.1) is 19.0 Å². The van der Waals surface area contributed by atoms with E-state index >= 15 is 0 Å². The molecule has 31 heteroatoms. The molecule has 0 bridgehead atoms. The summed E-state index contributed by atoms with van der Waals surface area (Å²) in [5.74, 6) is -13.9. The van der Waals surface area contributed by atoms with E-state index in [2.05, 4.69) is 57.8 Å². The zero-order valence-corrected chi connectivity index (χ0v) is 45.9. The summed E-state index contributed by atoms with van der Waals surface area (Å²) in [6.45, 7) is 6.49. The number of H-pyrrole nitrogens is 1. The van der Waals surface area contributed by atoms with Crippen LogP contribution in [0, 0.1) is 11.8 Å². The van der Waals surface area contributed by atoms with Gasteiger partial charge in [-0.3, -0.25) is 57.5 Å². The lowest BCUT2D eigenvalue weighted by molar-refractivity contribution is -0.139. The number of aliphatic carboxylic acids is 3. The molecule has 11 atom stereocenters. The van der Waals surface area contributed by atoms with Gasteiger partial charge in [0.25, 0.3) is 0 Å². The van der Waals surface area contributed by atoms with Crippen LogP contribution < -0.4 is 65.1 Å². The van der Waals surface area contributed by atoms with Gasteiger partial charge in [-0.25, -0.2) is 4.98 Å². The number of amides is 9. The quantitative estimate of drug-likeness (QED) is 0.0273. The minimum absolute atomic E-state index is 0.0602. The number of rotatable bonds is 41. The number of carboxylic acids is 3. The maximum atomic E-state index is 14.1. The summed E-state index contributed by atoms with van der Waals surface area (Å²) in [7, 11) is 0. The standard InChI is InChI=1S/C49H84N14O17/c1-6-26(4)40(63-45(76)30(12-8-10-18-51)58-48(79)39(52)27(5)65)49(80)59-32(14-16-37(68)69)44(75)62-35(23-64)47(78)60-33(19-25(2)3)46(77)56-29(11-7-9-17-50)42(73)57-31(13-15-36(66)67)43(74)61-34(20-28-21-53-24-55-28)41(72)54-22-38(70)71/h21,24-27,29-35,39-40,64-65H,6-20,22-23,50-52H2,1-5H3,(H,53,55)(H,54,72)(H,56,77)(H,57,73)(H,58,79)(H,59,80)(H,60,78)(H,61,74)(H,62,75)(H,63,76)(H,66,67)(H,68,69)(H,70,71)/t26-,27+,29-,30-,31-,32-,33-,34-,35-,39-,40-/m0/s1. The molecule has 0 fully saturated rings. The maximum absolute atomic E-state index is 14.1. The SMILES string of the molecule is CC[C@H](C)[C@H](NC(=O)[C@H](CCCCN)NC(=O)[C@@H](N)[C@@H](C)O)C(=O)N[C@@H](CCC(=O)O)C(=O)N[C@@H](CO)C(=O)N[C@@H](CC(C)C)C(=O)N[C@@H](CCCCN)C(=O)N[C@@H](CCC(=O)O)C(=O)N[C@@H](Cc1cnc[nH]1)C(=O)NCC(=O)O. The van der Waals surface area contributed by atoms with Crippen molar-refractivity contribution in [3.05, 3.63) is 18.2 Å². The molecule has 0 radical (unpaired) electrons. The second kappa shape index (κ2) is 37.5. The molecule has 0 aromatic carbocycles. The first kappa shape index (κ1) is 70.7. The molecule has 21 N–H and O–H groups in total. The number of nitrogens with one attached hydrogen (secondary N) is 10. The molecule has 1 aromatic heterocycles. The number of hydrogen-bond donors (Lipinski definition) is 18. The highest BCUT2D eigenvalue weighted by Gasteiger charge is 2.37.